The lowest BCUT2D eigenvalue weighted by atomic mass is 10.0. The van der Waals surface area contributed by atoms with E-state index in [2.05, 4.69) is 48.1 Å². The maximum Gasteiger partial charge on any atom is 0.0470 e. The molecule has 0 aliphatic carbocycles. The molecular formula is C17H23N3. The van der Waals surface area contributed by atoms with Gasteiger partial charge in [-0.25, -0.2) is 0 Å². The first-order chi connectivity index (χ1) is 9.74. The SMILES string of the molecule is CCc1ccc(C(CN)N(C)Cc2ccncc2)cc1. The van der Waals surface area contributed by atoms with E-state index in [-0.39, 0.29) is 6.04 Å². The molecule has 1 unspecified atom stereocenters. The highest BCUT2D eigenvalue weighted by atomic mass is 15.1. The number of pyridine rings is 1. The lowest BCUT2D eigenvalue weighted by Gasteiger charge is -2.27. The van der Waals surface area contributed by atoms with E-state index in [4.69, 9.17) is 5.73 Å². The molecule has 0 bridgehead atoms. The zero-order chi connectivity index (χ0) is 14.4. The Morgan fingerprint density at radius 2 is 1.70 bits per heavy atom. The van der Waals surface area contributed by atoms with Crippen molar-refractivity contribution in [2.75, 3.05) is 13.6 Å². The summed E-state index contributed by atoms with van der Waals surface area (Å²) in [6.45, 7) is 3.66. The summed E-state index contributed by atoms with van der Waals surface area (Å²) in [5, 5.41) is 0. The summed E-state index contributed by atoms with van der Waals surface area (Å²) in [5.41, 5.74) is 9.87. The van der Waals surface area contributed by atoms with E-state index in [1.54, 1.807) is 0 Å². The lowest BCUT2D eigenvalue weighted by molar-refractivity contribution is 0.241. The molecule has 0 saturated carbocycles. The minimum atomic E-state index is 0.245. The summed E-state index contributed by atoms with van der Waals surface area (Å²) in [4.78, 5) is 6.34. The molecule has 106 valence electrons. The van der Waals surface area contributed by atoms with Gasteiger partial charge in [0.25, 0.3) is 0 Å². The highest BCUT2D eigenvalue weighted by Crippen LogP contribution is 2.20. The maximum atomic E-state index is 5.98. The molecule has 0 aliphatic rings. The summed E-state index contributed by atoms with van der Waals surface area (Å²) in [7, 11) is 2.12. The molecule has 1 aromatic heterocycles. The van der Waals surface area contributed by atoms with Crippen LogP contribution in [-0.2, 0) is 13.0 Å². The molecule has 0 aliphatic heterocycles. The van der Waals surface area contributed by atoms with Crippen LogP contribution in [0.4, 0.5) is 0 Å². The largest absolute Gasteiger partial charge is 0.329 e. The number of nitrogens with zero attached hydrogens (tertiary/aromatic N) is 2. The van der Waals surface area contributed by atoms with E-state index in [0.717, 1.165) is 13.0 Å². The minimum Gasteiger partial charge on any atom is -0.329 e. The molecule has 3 nitrogen and oxygen atoms in total. The minimum absolute atomic E-state index is 0.245. The number of aryl methyl sites for hydroxylation is 1. The number of aromatic nitrogens is 1. The fourth-order valence-corrected chi connectivity index (χ4v) is 2.43. The lowest BCUT2D eigenvalue weighted by Crippen LogP contribution is -2.30. The van der Waals surface area contributed by atoms with Crippen LogP contribution in [-0.4, -0.2) is 23.5 Å². The van der Waals surface area contributed by atoms with Crippen LogP contribution in [0.15, 0.2) is 48.8 Å². The molecule has 2 rings (SSSR count). The van der Waals surface area contributed by atoms with Crippen molar-refractivity contribution in [2.45, 2.75) is 25.9 Å². The third-order valence-corrected chi connectivity index (χ3v) is 3.71. The van der Waals surface area contributed by atoms with Gasteiger partial charge < -0.3 is 5.73 Å². The second kappa shape index (κ2) is 7.17. The number of benzene rings is 1. The van der Waals surface area contributed by atoms with Crippen LogP contribution in [0.25, 0.3) is 0 Å². The molecule has 1 heterocycles. The van der Waals surface area contributed by atoms with Gasteiger partial charge in [0.05, 0.1) is 0 Å². The second-order valence-electron chi connectivity index (χ2n) is 5.12. The zero-order valence-corrected chi connectivity index (χ0v) is 12.3. The third kappa shape index (κ3) is 3.65. The third-order valence-electron chi connectivity index (χ3n) is 3.71. The van der Waals surface area contributed by atoms with Crippen molar-refractivity contribution < 1.29 is 0 Å². The Hall–Kier alpha value is -1.71. The molecule has 2 aromatic rings. The second-order valence-corrected chi connectivity index (χ2v) is 5.12. The first-order valence-corrected chi connectivity index (χ1v) is 7.12. The molecule has 0 amide bonds. The van der Waals surface area contributed by atoms with Gasteiger partial charge >= 0.3 is 0 Å². The molecule has 0 radical (unpaired) electrons. The van der Waals surface area contributed by atoms with Crippen molar-refractivity contribution in [2.24, 2.45) is 5.73 Å². The van der Waals surface area contributed by atoms with E-state index >= 15 is 0 Å². The summed E-state index contributed by atoms with van der Waals surface area (Å²) in [6.07, 6.45) is 4.73. The molecule has 2 N–H and O–H groups in total. The highest BCUT2D eigenvalue weighted by molar-refractivity contribution is 5.25. The van der Waals surface area contributed by atoms with Crippen LogP contribution in [0.1, 0.15) is 29.7 Å². The van der Waals surface area contributed by atoms with Gasteiger partial charge in [-0.05, 0) is 42.3 Å². The number of hydrogen-bond acceptors (Lipinski definition) is 3. The Morgan fingerprint density at radius 1 is 1.05 bits per heavy atom. The quantitative estimate of drug-likeness (QED) is 0.877. The molecule has 0 fully saturated rings. The molecule has 1 aromatic carbocycles. The van der Waals surface area contributed by atoms with Crippen molar-refractivity contribution in [1.29, 1.82) is 0 Å². The Balaban J connectivity index is 2.10. The van der Waals surface area contributed by atoms with Crippen molar-refractivity contribution in [3.05, 3.63) is 65.5 Å². The average Bonchev–Trinajstić information content (AvgIpc) is 2.49. The number of rotatable bonds is 6. The molecule has 0 spiro atoms. The van der Waals surface area contributed by atoms with Crippen molar-refractivity contribution in [1.82, 2.24) is 9.88 Å². The van der Waals surface area contributed by atoms with Gasteiger partial charge in [0.1, 0.15) is 0 Å². The van der Waals surface area contributed by atoms with E-state index in [1.807, 2.05) is 24.5 Å². The monoisotopic (exact) mass is 269 g/mol. The van der Waals surface area contributed by atoms with Crippen molar-refractivity contribution >= 4 is 0 Å². The maximum absolute atomic E-state index is 5.98. The first kappa shape index (κ1) is 14.7. The van der Waals surface area contributed by atoms with Crippen LogP contribution in [0, 0.1) is 0 Å². The van der Waals surface area contributed by atoms with Crippen LogP contribution in [0.3, 0.4) is 0 Å². The van der Waals surface area contributed by atoms with E-state index in [1.165, 1.54) is 16.7 Å². The molecule has 20 heavy (non-hydrogen) atoms. The number of nitrogens with two attached hydrogens (primary N) is 1. The Kier molecular flexibility index (Phi) is 5.27. The fourth-order valence-electron chi connectivity index (χ4n) is 2.43. The van der Waals surface area contributed by atoms with E-state index < -0.39 is 0 Å². The predicted molar refractivity (Wildman–Crippen MR) is 83.3 cm³/mol. The van der Waals surface area contributed by atoms with Crippen molar-refractivity contribution in [3.8, 4) is 0 Å². The van der Waals surface area contributed by atoms with Crippen molar-refractivity contribution in [3.63, 3.8) is 0 Å². The van der Waals surface area contributed by atoms with Crippen LogP contribution < -0.4 is 5.73 Å². The number of likely N-dealkylation sites (N-methyl/N-ethyl adjacent to an activating group) is 1. The summed E-state index contributed by atoms with van der Waals surface area (Å²) in [5.74, 6) is 0. The topological polar surface area (TPSA) is 42.1 Å². The van der Waals surface area contributed by atoms with Gasteiger partial charge in [-0.1, -0.05) is 31.2 Å². The van der Waals surface area contributed by atoms with Gasteiger partial charge in [0, 0.05) is 31.5 Å². The number of hydrogen-bond donors (Lipinski definition) is 1. The van der Waals surface area contributed by atoms with Crippen LogP contribution in [0.5, 0.6) is 0 Å². The van der Waals surface area contributed by atoms with Gasteiger partial charge in [-0.15, -0.1) is 0 Å². The summed E-state index contributed by atoms with van der Waals surface area (Å²) >= 11 is 0. The fraction of sp³-hybridized carbons (Fsp3) is 0.353. The highest BCUT2D eigenvalue weighted by Gasteiger charge is 2.15. The molecule has 3 heteroatoms. The summed E-state index contributed by atoms with van der Waals surface area (Å²) < 4.78 is 0. The van der Waals surface area contributed by atoms with Crippen LogP contribution >= 0.6 is 0 Å². The standard InChI is InChI=1S/C17H23N3/c1-3-14-4-6-16(7-5-14)17(12-18)20(2)13-15-8-10-19-11-9-15/h4-11,17H,3,12-13,18H2,1-2H3. The van der Waals surface area contributed by atoms with E-state index in [9.17, 15) is 0 Å². The normalized spacial score (nSPS) is 12.6. The smallest absolute Gasteiger partial charge is 0.0470 e. The van der Waals surface area contributed by atoms with Crippen LogP contribution in [0.2, 0.25) is 0 Å². The molecular weight excluding hydrogens is 246 g/mol. The van der Waals surface area contributed by atoms with Gasteiger partial charge in [-0.2, -0.15) is 0 Å². The van der Waals surface area contributed by atoms with Gasteiger partial charge in [-0.3, -0.25) is 9.88 Å². The predicted octanol–water partition coefficient (Wildman–Crippen LogP) is 2.78. The van der Waals surface area contributed by atoms with E-state index in [0.29, 0.717) is 6.54 Å². The Labute approximate surface area is 121 Å². The van der Waals surface area contributed by atoms with Gasteiger partial charge in [0.15, 0.2) is 0 Å². The summed E-state index contributed by atoms with van der Waals surface area (Å²) in [6, 6.07) is 13.1. The molecule has 0 saturated heterocycles. The first-order valence-electron chi connectivity index (χ1n) is 7.12. The Bertz CT molecular complexity index is 508. The average molecular weight is 269 g/mol. The molecule has 1 atom stereocenters. The van der Waals surface area contributed by atoms with Gasteiger partial charge in [0.2, 0.25) is 0 Å². The Morgan fingerprint density at radius 3 is 2.25 bits per heavy atom. The zero-order valence-electron chi connectivity index (χ0n) is 12.3.